The maximum Gasteiger partial charge on any atom is 1.00 e. The van der Waals surface area contributed by atoms with Gasteiger partial charge >= 0.3 is 88.7 Å². The van der Waals surface area contributed by atoms with Gasteiger partial charge in [-0.1, -0.05) is 0 Å². The van der Waals surface area contributed by atoms with Crippen LogP contribution < -0.4 is 98.9 Å². The molecule has 1 aromatic heterocycles. The third-order valence-electron chi connectivity index (χ3n) is 2.26. The summed E-state index contributed by atoms with van der Waals surface area (Å²) in [5.41, 5.74) is -0.407. The zero-order chi connectivity index (χ0) is 14.2. The fourth-order valence-electron chi connectivity index (χ4n) is 1.40. The van der Waals surface area contributed by atoms with Crippen LogP contribution in [-0.4, -0.2) is 28.7 Å². The maximum atomic E-state index is 11.5. The summed E-state index contributed by atoms with van der Waals surface area (Å²) in [6, 6.07) is 5.10. The molecule has 0 amide bonds. The van der Waals surface area contributed by atoms with Crippen molar-refractivity contribution in [1.82, 2.24) is 9.78 Å². The van der Waals surface area contributed by atoms with Gasteiger partial charge in [0.2, 0.25) is 0 Å². The molecule has 0 saturated heterocycles. The van der Waals surface area contributed by atoms with Crippen molar-refractivity contribution in [2.75, 3.05) is 0 Å². The Morgan fingerprint density at radius 3 is 1.95 bits per heavy atom. The van der Waals surface area contributed by atoms with Crippen molar-refractivity contribution in [3.05, 3.63) is 36.0 Å². The number of hydrogen-bond acceptors (Lipinski definition) is 7. The Morgan fingerprint density at radius 1 is 1.09 bits per heavy atom. The molecule has 2 aromatic rings. The molecule has 1 aromatic carbocycles. The predicted octanol–water partition coefficient (Wildman–Crippen LogP) is -10.8. The van der Waals surface area contributed by atoms with Crippen molar-refractivity contribution in [2.45, 2.75) is 4.90 Å². The quantitative estimate of drug-likeness (QED) is 0.396. The SMILES string of the molecule is O=C([O-])c1cc([O-])n(-c2ccc(S(=O)(=O)[O-])cc2)n1.[Na+].[Na+].[Na+]. The molecule has 0 atom stereocenters. The van der Waals surface area contributed by atoms with E-state index in [9.17, 15) is 28.0 Å². The van der Waals surface area contributed by atoms with Gasteiger partial charge in [-0.3, -0.25) is 0 Å². The smallest absolute Gasteiger partial charge is 0.859 e. The van der Waals surface area contributed by atoms with Crippen LogP contribution in [0.4, 0.5) is 0 Å². The molecule has 0 spiro atoms. The van der Waals surface area contributed by atoms with Crippen molar-refractivity contribution in [3.63, 3.8) is 0 Å². The molecule has 8 nitrogen and oxygen atoms in total. The van der Waals surface area contributed by atoms with E-state index in [4.69, 9.17) is 0 Å². The van der Waals surface area contributed by atoms with Crippen molar-refractivity contribution >= 4 is 16.1 Å². The largest absolute Gasteiger partial charge is 1.00 e. The van der Waals surface area contributed by atoms with Crippen LogP contribution >= 0.6 is 0 Å². The predicted molar refractivity (Wildman–Crippen MR) is 55.3 cm³/mol. The first-order valence-corrected chi connectivity index (χ1v) is 6.24. The minimum atomic E-state index is -4.58. The summed E-state index contributed by atoms with van der Waals surface area (Å²) in [6.45, 7) is 0. The summed E-state index contributed by atoms with van der Waals surface area (Å²) in [6.07, 6.45) is 0. The normalized spacial score (nSPS) is 9.86. The summed E-state index contributed by atoms with van der Waals surface area (Å²) >= 11 is 0. The molecule has 0 aliphatic heterocycles. The molecule has 2 rings (SSSR count). The van der Waals surface area contributed by atoms with E-state index >= 15 is 0 Å². The first-order chi connectivity index (χ1) is 8.79. The van der Waals surface area contributed by atoms with Gasteiger partial charge in [0.15, 0.2) is 0 Å². The first kappa shape index (κ1) is 24.9. The number of aromatic carboxylic acids is 1. The van der Waals surface area contributed by atoms with Crippen LogP contribution in [-0.2, 0) is 10.1 Å². The van der Waals surface area contributed by atoms with E-state index in [0.29, 0.717) is 0 Å². The van der Waals surface area contributed by atoms with Gasteiger partial charge in [-0.25, -0.2) is 13.1 Å². The van der Waals surface area contributed by atoms with Gasteiger partial charge in [-0.2, -0.15) is 5.10 Å². The molecule has 0 bridgehead atoms. The third kappa shape index (κ3) is 5.91. The number of rotatable bonds is 3. The average Bonchev–Trinajstić information content (AvgIpc) is 2.70. The molecule has 0 aliphatic rings. The number of carbonyl (C=O) groups is 1. The molecule has 0 fully saturated rings. The van der Waals surface area contributed by atoms with Gasteiger partial charge in [0.25, 0.3) is 0 Å². The van der Waals surface area contributed by atoms with Gasteiger partial charge in [-0.15, -0.1) is 0 Å². The minimum absolute atomic E-state index is 0. The number of carbonyl (C=O) groups excluding carboxylic acids is 1. The van der Waals surface area contributed by atoms with Crippen LogP contribution in [0.5, 0.6) is 5.88 Å². The van der Waals surface area contributed by atoms with Crippen LogP contribution in [0, 0.1) is 0 Å². The fraction of sp³-hybridized carbons (Fsp3) is 0. The topological polar surface area (TPSA) is 138 Å². The van der Waals surface area contributed by atoms with Crippen LogP contribution in [0.15, 0.2) is 35.2 Å². The summed E-state index contributed by atoms with van der Waals surface area (Å²) in [4.78, 5) is 10.1. The molecule has 1 heterocycles. The summed E-state index contributed by atoms with van der Waals surface area (Å²) in [5, 5.41) is 25.5. The molecule has 12 heteroatoms. The number of benzene rings is 1. The Kier molecular flexibility index (Phi) is 11.1. The molecular formula is C10H5N2Na3O6S. The van der Waals surface area contributed by atoms with Gasteiger partial charge in [0, 0.05) is 0 Å². The summed E-state index contributed by atoms with van der Waals surface area (Å²) in [7, 11) is -4.58. The third-order valence-corrected chi connectivity index (χ3v) is 3.11. The van der Waals surface area contributed by atoms with Crippen LogP contribution in [0.25, 0.3) is 5.69 Å². The van der Waals surface area contributed by atoms with Crippen molar-refractivity contribution in [1.29, 1.82) is 0 Å². The minimum Gasteiger partial charge on any atom is -0.859 e. The molecule has 0 unspecified atom stereocenters. The van der Waals surface area contributed by atoms with E-state index in [1.807, 2.05) is 0 Å². The Labute approximate surface area is 192 Å². The monoisotopic (exact) mass is 350 g/mol. The zero-order valence-electron chi connectivity index (χ0n) is 12.1. The van der Waals surface area contributed by atoms with Crippen LogP contribution in [0.2, 0.25) is 0 Å². The van der Waals surface area contributed by atoms with E-state index in [1.54, 1.807) is 0 Å². The molecule has 0 N–H and O–H groups in total. The average molecular weight is 350 g/mol. The van der Waals surface area contributed by atoms with Gasteiger partial charge in [0.05, 0.1) is 16.6 Å². The maximum absolute atomic E-state index is 11.5. The number of aromatic nitrogens is 2. The number of nitrogens with zero attached hydrogens (tertiary/aromatic N) is 2. The Hall–Kier alpha value is 0.610. The zero-order valence-corrected chi connectivity index (χ0v) is 19.0. The van der Waals surface area contributed by atoms with Gasteiger partial charge < -0.3 is 19.6 Å². The Bertz CT molecular complexity index is 745. The van der Waals surface area contributed by atoms with Crippen molar-refractivity contribution < 1.29 is 117 Å². The van der Waals surface area contributed by atoms with E-state index in [0.717, 1.165) is 35.0 Å². The number of carboxylic acids is 1. The van der Waals surface area contributed by atoms with E-state index in [-0.39, 0.29) is 94.4 Å². The molecule has 0 aliphatic carbocycles. The van der Waals surface area contributed by atoms with Crippen molar-refractivity contribution in [3.8, 4) is 11.6 Å². The van der Waals surface area contributed by atoms with Gasteiger partial charge in [-0.05, 0) is 36.2 Å². The molecule has 0 saturated carbocycles. The standard InChI is InChI=1S/C10H8N2O6S.3Na/c13-9-5-8(10(14)15)11-12(9)6-1-3-7(4-2-6)19(16,17)18;;;/h1-5,13H,(H,14,15)(H,16,17,18);;;/q;3*+1/p-3. The Balaban J connectivity index is 0. The number of hydrogen-bond donors (Lipinski definition) is 0. The summed E-state index contributed by atoms with van der Waals surface area (Å²) in [5.74, 6) is -2.31. The van der Waals surface area contributed by atoms with Crippen LogP contribution in [0.3, 0.4) is 0 Å². The van der Waals surface area contributed by atoms with E-state index < -0.39 is 32.6 Å². The number of carboxylic acid groups (broad SMARTS) is 1. The summed E-state index contributed by atoms with van der Waals surface area (Å²) < 4.78 is 32.9. The fourth-order valence-corrected chi connectivity index (χ4v) is 1.87. The second-order valence-corrected chi connectivity index (χ2v) is 4.89. The molecule has 22 heavy (non-hydrogen) atoms. The van der Waals surface area contributed by atoms with E-state index in [2.05, 4.69) is 5.10 Å². The molecule has 0 radical (unpaired) electrons. The Morgan fingerprint density at radius 2 is 1.59 bits per heavy atom. The first-order valence-electron chi connectivity index (χ1n) is 4.84. The second-order valence-electron chi connectivity index (χ2n) is 3.52. The molecular weight excluding hydrogens is 345 g/mol. The van der Waals surface area contributed by atoms with Crippen LogP contribution in [0.1, 0.15) is 10.5 Å². The second kappa shape index (κ2) is 9.80. The van der Waals surface area contributed by atoms with E-state index in [1.165, 1.54) is 0 Å². The van der Waals surface area contributed by atoms with Gasteiger partial charge in [0.1, 0.15) is 15.8 Å². The van der Waals surface area contributed by atoms with Crippen molar-refractivity contribution in [2.24, 2.45) is 0 Å². The molecule has 100 valence electrons.